The molecule has 0 aliphatic rings. The normalized spacial score (nSPS) is 11.4. The molecule has 0 spiro atoms. The molecular weight excluding hydrogens is 426 g/mol. The molecule has 0 radical (unpaired) electrons. The van der Waals surface area contributed by atoms with Crippen molar-refractivity contribution in [3.05, 3.63) is 64.2 Å². The van der Waals surface area contributed by atoms with Crippen LogP contribution in [-0.4, -0.2) is 54.5 Å². The quantitative estimate of drug-likeness (QED) is 0.365. The fourth-order valence-corrected chi connectivity index (χ4v) is 3.39. The molecule has 9 heteroatoms. The zero-order valence-corrected chi connectivity index (χ0v) is 19.3. The summed E-state index contributed by atoms with van der Waals surface area (Å²) in [5.41, 5.74) is 0.861. The van der Waals surface area contributed by atoms with Gasteiger partial charge in [-0.15, -0.1) is 0 Å². The van der Waals surface area contributed by atoms with E-state index in [-0.39, 0.29) is 35.6 Å². The Kier molecular flexibility index (Phi) is 10.1. The van der Waals surface area contributed by atoms with Crippen molar-refractivity contribution in [2.75, 3.05) is 26.8 Å². The monoisotopic (exact) mass is 457 g/mol. The van der Waals surface area contributed by atoms with E-state index in [0.29, 0.717) is 25.9 Å². The van der Waals surface area contributed by atoms with Gasteiger partial charge in [0.1, 0.15) is 11.8 Å². The highest BCUT2D eigenvalue weighted by molar-refractivity contribution is 5.88. The third-order valence-corrected chi connectivity index (χ3v) is 5.13. The average molecular weight is 458 g/mol. The molecule has 0 unspecified atom stereocenters. The average Bonchev–Trinajstić information content (AvgIpc) is 2.83. The van der Waals surface area contributed by atoms with E-state index < -0.39 is 11.0 Å². The van der Waals surface area contributed by atoms with Gasteiger partial charge in [-0.25, -0.2) is 0 Å². The molecule has 2 aromatic carbocycles. The maximum Gasteiger partial charge on any atom is 0.311 e. The highest BCUT2D eigenvalue weighted by Crippen LogP contribution is 2.30. The molecule has 1 atom stereocenters. The van der Waals surface area contributed by atoms with Crippen LogP contribution in [0.2, 0.25) is 0 Å². The molecule has 0 heterocycles. The first-order valence-electron chi connectivity index (χ1n) is 11.0. The Morgan fingerprint density at radius 3 is 2.48 bits per heavy atom. The molecule has 0 bridgehead atoms. The van der Waals surface area contributed by atoms with E-state index in [4.69, 9.17) is 9.47 Å². The SMILES string of the molecule is CCCNC(=O)[C@H](CC)N(CCc1ccccc1)C(=O)COc1ccc([N+](=O)[O-])c(OC)c1. The van der Waals surface area contributed by atoms with Gasteiger partial charge in [-0.2, -0.15) is 0 Å². The van der Waals surface area contributed by atoms with E-state index in [1.807, 2.05) is 44.2 Å². The highest BCUT2D eigenvalue weighted by Gasteiger charge is 2.28. The van der Waals surface area contributed by atoms with Crippen LogP contribution < -0.4 is 14.8 Å². The second-order valence-electron chi connectivity index (χ2n) is 7.42. The van der Waals surface area contributed by atoms with E-state index in [2.05, 4.69) is 5.32 Å². The predicted molar refractivity (Wildman–Crippen MR) is 124 cm³/mol. The molecule has 0 aliphatic heterocycles. The number of methoxy groups -OCH3 is 1. The highest BCUT2D eigenvalue weighted by atomic mass is 16.6. The molecule has 0 saturated heterocycles. The van der Waals surface area contributed by atoms with Crippen LogP contribution in [0.3, 0.4) is 0 Å². The minimum Gasteiger partial charge on any atom is -0.490 e. The molecule has 178 valence electrons. The molecule has 0 fully saturated rings. The van der Waals surface area contributed by atoms with Crippen molar-refractivity contribution in [1.82, 2.24) is 10.2 Å². The van der Waals surface area contributed by atoms with Gasteiger partial charge in [0.05, 0.1) is 12.0 Å². The summed E-state index contributed by atoms with van der Waals surface area (Å²) < 4.78 is 10.7. The molecule has 1 N–H and O–H groups in total. The van der Waals surface area contributed by atoms with Crippen LogP contribution in [0.1, 0.15) is 32.3 Å². The van der Waals surface area contributed by atoms with E-state index in [1.165, 1.54) is 25.3 Å². The number of hydrogen-bond donors (Lipinski definition) is 1. The molecule has 0 saturated carbocycles. The first kappa shape index (κ1) is 25.6. The van der Waals surface area contributed by atoms with E-state index >= 15 is 0 Å². The number of nitro groups is 1. The zero-order chi connectivity index (χ0) is 24.2. The van der Waals surface area contributed by atoms with Gasteiger partial charge in [0, 0.05) is 25.2 Å². The van der Waals surface area contributed by atoms with Crippen LogP contribution in [0, 0.1) is 10.1 Å². The third-order valence-electron chi connectivity index (χ3n) is 5.13. The summed E-state index contributed by atoms with van der Waals surface area (Å²) in [7, 11) is 1.32. The fraction of sp³-hybridized carbons (Fsp3) is 0.417. The largest absolute Gasteiger partial charge is 0.490 e. The van der Waals surface area contributed by atoms with Crippen molar-refractivity contribution in [2.45, 2.75) is 39.2 Å². The van der Waals surface area contributed by atoms with E-state index in [9.17, 15) is 19.7 Å². The zero-order valence-electron chi connectivity index (χ0n) is 19.3. The van der Waals surface area contributed by atoms with Crippen molar-refractivity contribution < 1.29 is 24.0 Å². The summed E-state index contributed by atoms with van der Waals surface area (Å²) >= 11 is 0. The van der Waals surface area contributed by atoms with Crippen LogP contribution in [0.25, 0.3) is 0 Å². The van der Waals surface area contributed by atoms with Gasteiger partial charge in [0.2, 0.25) is 11.7 Å². The number of carbonyl (C=O) groups is 2. The molecule has 0 aliphatic carbocycles. The number of carbonyl (C=O) groups excluding carboxylic acids is 2. The molecule has 2 rings (SSSR count). The van der Waals surface area contributed by atoms with Gasteiger partial charge in [0.15, 0.2) is 6.61 Å². The van der Waals surface area contributed by atoms with E-state index in [0.717, 1.165) is 12.0 Å². The maximum atomic E-state index is 13.1. The Labute approximate surface area is 193 Å². The number of nitrogens with one attached hydrogen (secondary N) is 1. The van der Waals surface area contributed by atoms with Gasteiger partial charge in [0.25, 0.3) is 5.91 Å². The van der Waals surface area contributed by atoms with Crippen LogP contribution >= 0.6 is 0 Å². The van der Waals surface area contributed by atoms with Crippen LogP contribution in [0.15, 0.2) is 48.5 Å². The minimum atomic E-state index is -0.622. The lowest BCUT2D eigenvalue weighted by Gasteiger charge is -2.30. The van der Waals surface area contributed by atoms with E-state index in [1.54, 1.807) is 4.90 Å². The van der Waals surface area contributed by atoms with Gasteiger partial charge in [-0.1, -0.05) is 44.2 Å². The summed E-state index contributed by atoms with van der Waals surface area (Å²) in [6.07, 6.45) is 1.85. The van der Waals surface area contributed by atoms with Crippen molar-refractivity contribution in [3.8, 4) is 11.5 Å². The maximum absolute atomic E-state index is 13.1. The Bertz CT molecular complexity index is 935. The number of benzene rings is 2. The summed E-state index contributed by atoms with van der Waals surface area (Å²) in [5, 5.41) is 13.9. The van der Waals surface area contributed by atoms with Crippen molar-refractivity contribution in [2.24, 2.45) is 0 Å². The van der Waals surface area contributed by atoms with Crippen LogP contribution in [0.4, 0.5) is 5.69 Å². The fourth-order valence-electron chi connectivity index (χ4n) is 3.39. The Hall–Kier alpha value is -3.62. The molecule has 2 amide bonds. The first-order valence-corrected chi connectivity index (χ1v) is 11.0. The number of nitrogens with zero attached hydrogens (tertiary/aromatic N) is 2. The van der Waals surface area contributed by atoms with Crippen molar-refractivity contribution in [3.63, 3.8) is 0 Å². The lowest BCUT2D eigenvalue weighted by atomic mass is 10.1. The minimum absolute atomic E-state index is 0.0382. The number of nitro benzene ring substituents is 1. The number of ether oxygens (including phenoxy) is 2. The van der Waals surface area contributed by atoms with Gasteiger partial charge in [-0.3, -0.25) is 19.7 Å². The molecule has 33 heavy (non-hydrogen) atoms. The number of amides is 2. The van der Waals surface area contributed by atoms with Gasteiger partial charge < -0.3 is 19.7 Å². The van der Waals surface area contributed by atoms with Crippen molar-refractivity contribution in [1.29, 1.82) is 0 Å². The predicted octanol–water partition coefficient (Wildman–Crippen LogP) is 3.36. The Balaban J connectivity index is 2.15. The summed E-state index contributed by atoms with van der Waals surface area (Å²) in [6, 6.07) is 13.1. The third kappa shape index (κ3) is 7.48. The number of rotatable bonds is 13. The molecule has 2 aromatic rings. The van der Waals surface area contributed by atoms with Crippen LogP contribution in [0.5, 0.6) is 11.5 Å². The van der Waals surface area contributed by atoms with Gasteiger partial charge >= 0.3 is 5.69 Å². The lowest BCUT2D eigenvalue weighted by molar-refractivity contribution is -0.385. The molecular formula is C24H31N3O6. The van der Waals surface area contributed by atoms with Gasteiger partial charge in [-0.05, 0) is 30.9 Å². The van der Waals surface area contributed by atoms with Crippen molar-refractivity contribution >= 4 is 17.5 Å². The standard InChI is InChI=1S/C24H31N3O6/c1-4-14-25-24(29)20(5-2)26(15-13-18-9-7-6-8-10-18)23(28)17-33-19-11-12-21(27(30)31)22(16-19)32-3/h6-12,16,20H,4-5,13-15,17H2,1-3H3,(H,25,29)/t20-/m0/s1. The molecule has 9 nitrogen and oxygen atoms in total. The van der Waals surface area contributed by atoms with Crippen LogP contribution in [-0.2, 0) is 16.0 Å². The lowest BCUT2D eigenvalue weighted by Crippen LogP contribution is -2.51. The second-order valence-corrected chi connectivity index (χ2v) is 7.42. The molecule has 0 aromatic heterocycles. The summed E-state index contributed by atoms with van der Waals surface area (Å²) in [5.74, 6) is -0.243. The smallest absolute Gasteiger partial charge is 0.311 e. The first-order chi connectivity index (χ1) is 15.9. The second kappa shape index (κ2) is 13.0. The summed E-state index contributed by atoms with van der Waals surface area (Å²) in [4.78, 5) is 37.9. The topological polar surface area (TPSA) is 111 Å². The Morgan fingerprint density at radius 2 is 1.88 bits per heavy atom. The number of hydrogen-bond acceptors (Lipinski definition) is 6. The summed E-state index contributed by atoms with van der Waals surface area (Å²) in [6.45, 7) is 4.41. The Morgan fingerprint density at radius 1 is 1.15 bits per heavy atom.